The van der Waals surface area contributed by atoms with Crippen molar-refractivity contribution in [2.24, 2.45) is 0 Å². The Morgan fingerprint density at radius 1 is 1.57 bits per heavy atom. The van der Waals surface area contributed by atoms with Crippen molar-refractivity contribution in [1.29, 1.82) is 0 Å². The van der Waals surface area contributed by atoms with Gasteiger partial charge < -0.3 is 4.74 Å². The molecule has 14 heavy (non-hydrogen) atoms. The van der Waals surface area contributed by atoms with Crippen molar-refractivity contribution in [2.45, 2.75) is 26.4 Å². The predicted octanol–water partition coefficient (Wildman–Crippen LogP) is 3.46. The number of rotatable bonds is 3. The molecule has 0 radical (unpaired) electrons. The average Bonchev–Trinajstić information content (AvgIpc) is 2.17. The van der Waals surface area contributed by atoms with Gasteiger partial charge in [-0.3, -0.25) is 4.79 Å². The molecule has 0 saturated heterocycles. The van der Waals surface area contributed by atoms with Gasteiger partial charge in [-0.1, -0.05) is 35.0 Å². The zero-order chi connectivity index (χ0) is 10.6. The Hall–Kier alpha value is -0.830. The minimum absolute atomic E-state index is 0.169. The molecule has 1 rings (SSSR count). The molecule has 1 atom stereocenters. The van der Waals surface area contributed by atoms with E-state index >= 15 is 0 Å². The van der Waals surface area contributed by atoms with Crippen LogP contribution in [0.15, 0.2) is 28.7 Å². The number of halogens is 1. The summed E-state index contributed by atoms with van der Waals surface area (Å²) in [6, 6.07) is 7.76. The van der Waals surface area contributed by atoms with Gasteiger partial charge in [-0.25, -0.2) is 0 Å². The first-order chi connectivity index (χ1) is 6.63. The summed E-state index contributed by atoms with van der Waals surface area (Å²) in [6.07, 6.45) is 0.234. The summed E-state index contributed by atoms with van der Waals surface area (Å²) < 4.78 is 6.18. The Labute approximate surface area is 92.4 Å². The van der Waals surface area contributed by atoms with Crippen LogP contribution in [0.3, 0.4) is 0 Å². The van der Waals surface area contributed by atoms with Crippen LogP contribution < -0.4 is 0 Å². The molecular weight excluding hydrogens is 244 g/mol. The lowest BCUT2D eigenvalue weighted by atomic mass is 10.1. The fourth-order valence-electron chi connectivity index (χ4n) is 1.11. The molecule has 0 aromatic heterocycles. The Morgan fingerprint density at radius 3 is 2.86 bits per heavy atom. The number of hydrogen-bond donors (Lipinski definition) is 0. The SMILES string of the molecule is CCC(=O)O[C@H](C)c1cccc(Br)c1. The van der Waals surface area contributed by atoms with E-state index in [0.29, 0.717) is 6.42 Å². The summed E-state index contributed by atoms with van der Waals surface area (Å²) in [6.45, 7) is 3.66. The van der Waals surface area contributed by atoms with Gasteiger partial charge in [-0.05, 0) is 24.6 Å². The molecule has 0 spiro atoms. The van der Waals surface area contributed by atoms with Gasteiger partial charge >= 0.3 is 5.97 Å². The topological polar surface area (TPSA) is 26.3 Å². The Balaban J connectivity index is 2.69. The van der Waals surface area contributed by atoms with Crippen LogP contribution >= 0.6 is 15.9 Å². The van der Waals surface area contributed by atoms with Crippen molar-refractivity contribution in [3.63, 3.8) is 0 Å². The summed E-state index contributed by atoms with van der Waals surface area (Å²) in [7, 11) is 0. The quantitative estimate of drug-likeness (QED) is 0.775. The molecule has 1 aromatic rings. The van der Waals surface area contributed by atoms with Crippen LogP contribution in [0.25, 0.3) is 0 Å². The number of ether oxygens (including phenoxy) is 1. The second-order valence-electron chi connectivity index (χ2n) is 3.04. The molecule has 2 nitrogen and oxygen atoms in total. The molecule has 0 heterocycles. The highest BCUT2D eigenvalue weighted by Gasteiger charge is 2.09. The first-order valence-corrected chi connectivity index (χ1v) is 5.37. The molecule has 0 unspecified atom stereocenters. The molecule has 0 aliphatic rings. The summed E-state index contributed by atoms with van der Waals surface area (Å²) in [4.78, 5) is 11.0. The third-order valence-corrected chi connectivity index (χ3v) is 2.41. The third-order valence-electron chi connectivity index (χ3n) is 1.91. The standard InChI is InChI=1S/C11H13BrO2/c1-3-11(13)14-8(2)9-5-4-6-10(12)7-9/h4-8H,3H2,1-2H3/t8-/m1/s1. The summed E-state index contributed by atoms with van der Waals surface area (Å²) >= 11 is 3.37. The van der Waals surface area contributed by atoms with Crippen molar-refractivity contribution in [3.8, 4) is 0 Å². The van der Waals surface area contributed by atoms with Crippen molar-refractivity contribution in [1.82, 2.24) is 0 Å². The fourth-order valence-corrected chi connectivity index (χ4v) is 1.52. The largest absolute Gasteiger partial charge is 0.458 e. The molecule has 0 amide bonds. The first kappa shape index (κ1) is 11.2. The second kappa shape index (κ2) is 5.15. The van der Waals surface area contributed by atoms with Gasteiger partial charge in [0.05, 0.1) is 0 Å². The maximum Gasteiger partial charge on any atom is 0.306 e. The van der Waals surface area contributed by atoms with Gasteiger partial charge in [0.25, 0.3) is 0 Å². The van der Waals surface area contributed by atoms with E-state index in [-0.39, 0.29) is 12.1 Å². The first-order valence-electron chi connectivity index (χ1n) is 4.58. The van der Waals surface area contributed by atoms with Crippen molar-refractivity contribution in [3.05, 3.63) is 34.3 Å². The third kappa shape index (κ3) is 3.14. The van der Waals surface area contributed by atoms with Crippen LogP contribution in [0.1, 0.15) is 31.9 Å². The molecule has 0 saturated carbocycles. The number of benzene rings is 1. The molecule has 1 aromatic carbocycles. The van der Waals surface area contributed by atoms with Gasteiger partial charge in [0.1, 0.15) is 6.10 Å². The van der Waals surface area contributed by atoms with Gasteiger partial charge in [-0.15, -0.1) is 0 Å². The molecule has 0 fully saturated rings. The Bertz CT molecular complexity index is 323. The Kier molecular flexibility index (Phi) is 4.14. The number of esters is 1. The summed E-state index contributed by atoms with van der Waals surface area (Å²) in [5.41, 5.74) is 1.00. The maximum absolute atomic E-state index is 11.0. The van der Waals surface area contributed by atoms with E-state index in [1.165, 1.54) is 0 Å². The molecule has 76 valence electrons. The lowest BCUT2D eigenvalue weighted by molar-refractivity contribution is -0.148. The van der Waals surface area contributed by atoms with Crippen LogP contribution in [0, 0.1) is 0 Å². The number of carbonyl (C=O) groups is 1. The predicted molar refractivity (Wildman–Crippen MR) is 58.9 cm³/mol. The van der Waals surface area contributed by atoms with E-state index in [4.69, 9.17) is 4.74 Å². The van der Waals surface area contributed by atoms with E-state index in [1.807, 2.05) is 31.2 Å². The summed E-state index contributed by atoms with van der Waals surface area (Å²) in [5.74, 6) is -0.169. The molecular formula is C11H13BrO2. The van der Waals surface area contributed by atoms with Crippen molar-refractivity contribution in [2.75, 3.05) is 0 Å². The highest BCUT2D eigenvalue weighted by Crippen LogP contribution is 2.20. The molecule has 0 aliphatic carbocycles. The van der Waals surface area contributed by atoms with Crippen molar-refractivity contribution >= 4 is 21.9 Å². The highest BCUT2D eigenvalue weighted by molar-refractivity contribution is 9.10. The van der Waals surface area contributed by atoms with E-state index in [1.54, 1.807) is 6.92 Å². The van der Waals surface area contributed by atoms with Crippen LogP contribution in [0.2, 0.25) is 0 Å². The van der Waals surface area contributed by atoms with Gasteiger partial charge in [0, 0.05) is 10.9 Å². The van der Waals surface area contributed by atoms with Gasteiger partial charge in [0.2, 0.25) is 0 Å². The highest BCUT2D eigenvalue weighted by atomic mass is 79.9. The fraction of sp³-hybridized carbons (Fsp3) is 0.364. The second-order valence-corrected chi connectivity index (χ2v) is 3.96. The van der Waals surface area contributed by atoms with Crippen LogP contribution in [-0.4, -0.2) is 5.97 Å². The number of hydrogen-bond acceptors (Lipinski definition) is 2. The van der Waals surface area contributed by atoms with E-state index in [0.717, 1.165) is 10.0 Å². The minimum Gasteiger partial charge on any atom is -0.458 e. The van der Waals surface area contributed by atoms with Gasteiger partial charge in [-0.2, -0.15) is 0 Å². The monoisotopic (exact) mass is 256 g/mol. The molecule has 3 heteroatoms. The lowest BCUT2D eigenvalue weighted by Gasteiger charge is -2.12. The molecule has 0 bridgehead atoms. The lowest BCUT2D eigenvalue weighted by Crippen LogP contribution is -2.07. The van der Waals surface area contributed by atoms with Crippen molar-refractivity contribution < 1.29 is 9.53 Å². The zero-order valence-corrected chi connectivity index (χ0v) is 9.87. The molecule has 0 N–H and O–H groups in total. The smallest absolute Gasteiger partial charge is 0.306 e. The summed E-state index contributed by atoms with van der Waals surface area (Å²) in [5, 5.41) is 0. The minimum atomic E-state index is -0.181. The van der Waals surface area contributed by atoms with Crippen LogP contribution in [0.4, 0.5) is 0 Å². The van der Waals surface area contributed by atoms with Crippen LogP contribution in [0.5, 0.6) is 0 Å². The van der Waals surface area contributed by atoms with Gasteiger partial charge in [0.15, 0.2) is 0 Å². The maximum atomic E-state index is 11.0. The average molecular weight is 257 g/mol. The normalized spacial score (nSPS) is 12.2. The van der Waals surface area contributed by atoms with E-state index < -0.39 is 0 Å². The van der Waals surface area contributed by atoms with E-state index in [2.05, 4.69) is 15.9 Å². The van der Waals surface area contributed by atoms with E-state index in [9.17, 15) is 4.79 Å². The Morgan fingerprint density at radius 2 is 2.29 bits per heavy atom. The number of carbonyl (C=O) groups excluding carboxylic acids is 1. The van der Waals surface area contributed by atoms with Crippen LogP contribution in [-0.2, 0) is 9.53 Å². The zero-order valence-electron chi connectivity index (χ0n) is 8.29. The molecule has 0 aliphatic heterocycles.